The van der Waals surface area contributed by atoms with Crippen LogP contribution in [0.3, 0.4) is 0 Å². The number of pyridine rings is 1. The summed E-state index contributed by atoms with van der Waals surface area (Å²) in [5.74, 6) is 0.517. The van der Waals surface area contributed by atoms with E-state index in [-0.39, 0.29) is 18.1 Å². The maximum atomic E-state index is 12.0. The third-order valence-corrected chi connectivity index (χ3v) is 5.65. The molecule has 0 aliphatic carbocycles. The number of aromatic nitrogens is 1. The van der Waals surface area contributed by atoms with Crippen LogP contribution >= 0.6 is 0 Å². The van der Waals surface area contributed by atoms with E-state index in [4.69, 9.17) is 0 Å². The molecule has 0 unspecified atom stereocenters. The molecular weight excluding hydrogens is 316 g/mol. The van der Waals surface area contributed by atoms with Crippen molar-refractivity contribution in [3.05, 3.63) is 24.5 Å². The van der Waals surface area contributed by atoms with Gasteiger partial charge in [0.15, 0.2) is 0 Å². The molecule has 1 aromatic rings. The molecule has 1 aliphatic heterocycles. The van der Waals surface area contributed by atoms with E-state index in [0.29, 0.717) is 19.0 Å². The second-order valence-corrected chi connectivity index (χ2v) is 7.06. The summed E-state index contributed by atoms with van der Waals surface area (Å²) in [7, 11) is 0. The van der Waals surface area contributed by atoms with Gasteiger partial charge in [-0.2, -0.15) is 0 Å². The first kappa shape index (κ1) is 19.5. The van der Waals surface area contributed by atoms with Gasteiger partial charge in [0, 0.05) is 49.7 Å². The van der Waals surface area contributed by atoms with Gasteiger partial charge in [0.1, 0.15) is 0 Å². The summed E-state index contributed by atoms with van der Waals surface area (Å²) >= 11 is 0. The van der Waals surface area contributed by atoms with Crippen molar-refractivity contribution in [3.63, 3.8) is 0 Å². The van der Waals surface area contributed by atoms with E-state index in [1.54, 1.807) is 0 Å². The molecule has 6 heteroatoms. The summed E-state index contributed by atoms with van der Waals surface area (Å²) in [6.45, 7) is 7.46. The molecule has 2 amide bonds. The summed E-state index contributed by atoms with van der Waals surface area (Å²) in [6.07, 6.45) is 7.51. The number of anilines is 1. The van der Waals surface area contributed by atoms with Crippen LogP contribution in [0, 0.1) is 11.3 Å². The Labute approximate surface area is 151 Å². The molecule has 2 heterocycles. The predicted molar refractivity (Wildman–Crippen MR) is 101 cm³/mol. The zero-order valence-electron chi connectivity index (χ0n) is 15.5. The summed E-state index contributed by atoms with van der Waals surface area (Å²) in [5.41, 5.74) is 1.02. The van der Waals surface area contributed by atoms with Crippen LogP contribution in [0.4, 0.5) is 10.5 Å². The number of rotatable bonds is 8. The highest BCUT2D eigenvalue weighted by Crippen LogP contribution is 2.24. The quantitative estimate of drug-likeness (QED) is 0.674. The van der Waals surface area contributed by atoms with Gasteiger partial charge in [0.25, 0.3) is 0 Å². The van der Waals surface area contributed by atoms with Crippen molar-refractivity contribution in [1.82, 2.24) is 15.6 Å². The smallest absolute Gasteiger partial charge is 0.314 e. The summed E-state index contributed by atoms with van der Waals surface area (Å²) in [4.78, 5) is 18.5. The Kier molecular flexibility index (Phi) is 7.50. The van der Waals surface area contributed by atoms with Crippen molar-refractivity contribution in [2.75, 3.05) is 37.7 Å². The molecule has 0 saturated carbocycles. The van der Waals surface area contributed by atoms with Gasteiger partial charge in [-0.1, -0.05) is 13.8 Å². The van der Waals surface area contributed by atoms with E-state index in [1.807, 2.05) is 24.5 Å². The van der Waals surface area contributed by atoms with E-state index >= 15 is 0 Å². The fourth-order valence-corrected chi connectivity index (χ4v) is 3.30. The minimum absolute atomic E-state index is 0.105. The van der Waals surface area contributed by atoms with Gasteiger partial charge in [-0.3, -0.25) is 4.98 Å². The van der Waals surface area contributed by atoms with E-state index in [9.17, 15) is 9.90 Å². The Hall–Kier alpha value is -1.82. The lowest BCUT2D eigenvalue weighted by atomic mass is 9.83. The Balaban J connectivity index is 1.68. The number of hydrogen-bond donors (Lipinski definition) is 3. The number of urea groups is 1. The van der Waals surface area contributed by atoms with Crippen LogP contribution < -0.4 is 15.5 Å². The third-order valence-electron chi connectivity index (χ3n) is 5.65. The lowest BCUT2D eigenvalue weighted by molar-refractivity contribution is 0.115. The van der Waals surface area contributed by atoms with Crippen LogP contribution in [0.5, 0.6) is 0 Å². The molecule has 1 aromatic heterocycles. The van der Waals surface area contributed by atoms with E-state index < -0.39 is 0 Å². The molecule has 25 heavy (non-hydrogen) atoms. The molecule has 3 N–H and O–H groups in total. The number of nitrogens with one attached hydrogen (secondary N) is 2. The highest BCUT2D eigenvalue weighted by molar-refractivity contribution is 5.73. The lowest BCUT2D eigenvalue weighted by Crippen LogP contribution is -2.46. The molecule has 0 radical (unpaired) electrons. The third kappa shape index (κ3) is 5.59. The normalized spacial score (nSPS) is 15.9. The van der Waals surface area contributed by atoms with Gasteiger partial charge in [-0.15, -0.1) is 0 Å². The molecule has 0 spiro atoms. The minimum atomic E-state index is -0.201. The number of aliphatic hydroxyl groups is 1. The van der Waals surface area contributed by atoms with Crippen LogP contribution in [0.1, 0.15) is 39.5 Å². The van der Waals surface area contributed by atoms with Crippen molar-refractivity contribution >= 4 is 11.7 Å². The molecule has 1 fully saturated rings. The number of amides is 2. The minimum Gasteiger partial charge on any atom is -0.396 e. The van der Waals surface area contributed by atoms with Crippen molar-refractivity contribution < 1.29 is 9.90 Å². The van der Waals surface area contributed by atoms with Crippen LogP contribution in [-0.4, -0.2) is 48.9 Å². The van der Waals surface area contributed by atoms with Gasteiger partial charge in [-0.25, -0.2) is 4.79 Å². The average molecular weight is 348 g/mol. The molecule has 1 aliphatic rings. The second kappa shape index (κ2) is 9.61. The summed E-state index contributed by atoms with van der Waals surface area (Å²) < 4.78 is 0. The van der Waals surface area contributed by atoms with Gasteiger partial charge < -0.3 is 20.6 Å². The van der Waals surface area contributed by atoms with Crippen LogP contribution in [0.15, 0.2) is 24.5 Å². The largest absolute Gasteiger partial charge is 0.396 e. The fraction of sp³-hybridized carbons (Fsp3) is 0.684. The van der Waals surface area contributed by atoms with Gasteiger partial charge in [-0.05, 0) is 43.7 Å². The van der Waals surface area contributed by atoms with Crippen molar-refractivity contribution in [1.29, 1.82) is 0 Å². The predicted octanol–water partition coefficient (Wildman–Crippen LogP) is 2.40. The van der Waals surface area contributed by atoms with Crippen molar-refractivity contribution in [3.8, 4) is 0 Å². The molecule has 140 valence electrons. The monoisotopic (exact) mass is 348 g/mol. The summed E-state index contributed by atoms with van der Waals surface area (Å²) in [6, 6.07) is 3.96. The van der Waals surface area contributed by atoms with Crippen LogP contribution in [0.2, 0.25) is 0 Å². The number of nitrogens with zero attached hydrogens (tertiary/aromatic N) is 2. The molecular formula is C19H32N4O2. The molecule has 6 nitrogen and oxygen atoms in total. The summed E-state index contributed by atoms with van der Waals surface area (Å²) in [5, 5.41) is 15.5. The first-order chi connectivity index (χ1) is 12.1. The topological polar surface area (TPSA) is 77.5 Å². The van der Waals surface area contributed by atoms with Crippen molar-refractivity contribution in [2.24, 2.45) is 11.3 Å². The maximum absolute atomic E-state index is 12.0. The molecule has 0 bridgehead atoms. The first-order valence-electron chi connectivity index (χ1n) is 9.40. The van der Waals surface area contributed by atoms with Crippen LogP contribution in [0.25, 0.3) is 0 Å². The highest BCUT2D eigenvalue weighted by Gasteiger charge is 2.26. The van der Waals surface area contributed by atoms with Crippen molar-refractivity contribution in [2.45, 2.75) is 39.5 Å². The maximum Gasteiger partial charge on any atom is 0.314 e. The van der Waals surface area contributed by atoms with E-state index in [0.717, 1.165) is 38.8 Å². The number of aliphatic hydroxyl groups excluding tert-OH is 1. The standard InChI is InChI=1S/C19H32N4O2/c1-3-19(4-2,15-24)14-22-18(25)21-13-16-7-11-23(12-8-16)17-5-9-20-10-6-17/h5-6,9-10,16,24H,3-4,7-8,11-15H2,1-2H3,(H2,21,22,25). The van der Waals surface area contributed by atoms with Gasteiger partial charge >= 0.3 is 6.03 Å². The lowest BCUT2D eigenvalue weighted by Gasteiger charge is -2.33. The Morgan fingerprint density at radius 1 is 1.24 bits per heavy atom. The van der Waals surface area contributed by atoms with Gasteiger partial charge in [0.05, 0.1) is 6.61 Å². The highest BCUT2D eigenvalue weighted by atomic mass is 16.3. The van der Waals surface area contributed by atoms with Crippen LogP contribution in [-0.2, 0) is 0 Å². The zero-order chi connectivity index (χ0) is 18.1. The Morgan fingerprint density at radius 3 is 2.44 bits per heavy atom. The first-order valence-corrected chi connectivity index (χ1v) is 9.40. The molecule has 2 rings (SSSR count). The number of piperidine rings is 1. The fourth-order valence-electron chi connectivity index (χ4n) is 3.30. The Bertz CT molecular complexity index is 503. The van der Waals surface area contributed by atoms with Gasteiger partial charge in [0.2, 0.25) is 0 Å². The Morgan fingerprint density at radius 2 is 1.88 bits per heavy atom. The van der Waals surface area contributed by atoms with E-state index in [2.05, 4.69) is 34.4 Å². The molecule has 1 saturated heterocycles. The van der Waals surface area contributed by atoms with E-state index in [1.165, 1.54) is 5.69 Å². The molecule has 0 atom stereocenters. The second-order valence-electron chi connectivity index (χ2n) is 7.06. The SMILES string of the molecule is CCC(CC)(CO)CNC(=O)NCC1CCN(c2ccncc2)CC1. The number of carbonyl (C=O) groups is 1. The number of carbonyl (C=O) groups excluding carboxylic acids is 1. The average Bonchev–Trinajstić information content (AvgIpc) is 2.69. The number of hydrogen-bond acceptors (Lipinski definition) is 4. The zero-order valence-corrected chi connectivity index (χ0v) is 15.5. The molecule has 0 aromatic carbocycles.